The van der Waals surface area contributed by atoms with Gasteiger partial charge in [0.05, 0.1) is 5.52 Å². The van der Waals surface area contributed by atoms with Crippen LogP contribution in [-0.4, -0.2) is 68.6 Å². The predicted molar refractivity (Wildman–Crippen MR) is 132 cm³/mol. The summed E-state index contributed by atoms with van der Waals surface area (Å²) < 4.78 is 63.5. The number of carbonyl (C=O) groups is 2. The van der Waals surface area contributed by atoms with Crippen LogP contribution in [0, 0.1) is 6.92 Å². The summed E-state index contributed by atoms with van der Waals surface area (Å²) in [5, 5.41) is 24.8. The molecule has 1 saturated heterocycles. The zero-order valence-corrected chi connectivity index (χ0v) is 20.7. The van der Waals surface area contributed by atoms with Gasteiger partial charge in [0.2, 0.25) is 5.95 Å². The van der Waals surface area contributed by atoms with E-state index in [0.29, 0.717) is 22.7 Å². The van der Waals surface area contributed by atoms with E-state index in [1.54, 1.807) is 12.3 Å². The molecule has 0 radical (unpaired) electrons. The largest absolute Gasteiger partial charge is 0.490 e. The number of alkyl halides is 6. The number of aryl methyl sites for hydroxylation is 1. The molecule has 0 unspecified atom stereocenters. The first-order valence-corrected chi connectivity index (χ1v) is 11.4. The van der Waals surface area contributed by atoms with Crippen LogP contribution in [0.3, 0.4) is 0 Å². The number of nitrogens with zero attached hydrogens (tertiary/aromatic N) is 2. The number of aliphatic carboxylic acids is 2. The Balaban J connectivity index is 0.000000333. The molecule has 0 spiro atoms. The summed E-state index contributed by atoms with van der Waals surface area (Å²) in [6.45, 7) is 3.96. The van der Waals surface area contributed by atoms with Crippen LogP contribution < -0.4 is 21.5 Å². The molecule has 6 N–H and O–H groups in total. The monoisotopic (exact) mass is 578 g/mol. The van der Waals surface area contributed by atoms with Crippen LogP contribution in [-0.2, 0) is 9.59 Å². The molecule has 1 aliphatic heterocycles. The molecule has 1 aliphatic rings. The molecule has 40 heavy (non-hydrogen) atoms. The van der Waals surface area contributed by atoms with Crippen molar-refractivity contribution in [3.8, 4) is 0 Å². The second-order valence-electron chi connectivity index (χ2n) is 8.25. The molecule has 3 heterocycles. The molecular formula is C23H24F6N6O5. The second kappa shape index (κ2) is 13.6. The number of hydrogen-bond acceptors (Lipinski definition) is 8. The maximum atomic E-state index is 12.4. The van der Waals surface area contributed by atoms with Gasteiger partial charge in [0.25, 0.3) is 5.56 Å². The minimum absolute atomic E-state index is 0.205. The van der Waals surface area contributed by atoms with Gasteiger partial charge >= 0.3 is 24.3 Å². The number of aromatic amines is 1. The Labute approximate surface area is 221 Å². The predicted octanol–water partition coefficient (Wildman–Crippen LogP) is 3.80. The van der Waals surface area contributed by atoms with Gasteiger partial charge < -0.3 is 31.1 Å². The third kappa shape index (κ3) is 10.0. The Morgan fingerprint density at radius 1 is 1.02 bits per heavy atom. The molecule has 1 atom stereocenters. The molecule has 3 aromatic rings. The number of rotatable bonds is 4. The lowest BCUT2D eigenvalue weighted by Crippen LogP contribution is -2.38. The minimum Gasteiger partial charge on any atom is -0.475 e. The third-order valence-electron chi connectivity index (χ3n) is 5.02. The lowest BCUT2D eigenvalue weighted by Gasteiger charge is -2.24. The molecule has 1 fully saturated rings. The molecule has 4 rings (SSSR count). The molecule has 0 bridgehead atoms. The van der Waals surface area contributed by atoms with E-state index in [1.165, 1.54) is 0 Å². The summed E-state index contributed by atoms with van der Waals surface area (Å²) in [6, 6.07) is 10.1. The number of carboxylic acids is 2. The van der Waals surface area contributed by atoms with Crippen molar-refractivity contribution in [2.45, 2.75) is 38.2 Å². The van der Waals surface area contributed by atoms with Crippen molar-refractivity contribution in [2.75, 3.05) is 23.7 Å². The highest BCUT2D eigenvalue weighted by Crippen LogP contribution is 2.23. The number of carboxylic acid groups (broad SMARTS) is 2. The maximum absolute atomic E-state index is 12.4. The summed E-state index contributed by atoms with van der Waals surface area (Å²) in [4.78, 5) is 42.0. The van der Waals surface area contributed by atoms with Crippen LogP contribution in [0.15, 0.2) is 41.3 Å². The van der Waals surface area contributed by atoms with E-state index >= 15 is 0 Å². The van der Waals surface area contributed by atoms with Crippen molar-refractivity contribution in [1.82, 2.24) is 20.3 Å². The van der Waals surface area contributed by atoms with Crippen LogP contribution in [0.1, 0.15) is 18.4 Å². The van der Waals surface area contributed by atoms with Crippen molar-refractivity contribution in [3.63, 3.8) is 0 Å². The summed E-state index contributed by atoms with van der Waals surface area (Å²) in [7, 11) is 0. The SMILES string of the molecule is Cc1cccc(Nc2nc(N[C@@H]3CCCNC3)nc3cc[nH]c(=O)c23)c1.O=C(O)C(F)(F)F.O=C(O)C(F)(F)F. The molecule has 0 amide bonds. The Bertz CT molecular complexity index is 1350. The van der Waals surface area contributed by atoms with E-state index in [0.717, 1.165) is 37.2 Å². The van der Waals surface area contributed by atoms with E-state index in [2.05, 4.69) is 30.9 Å². The first kappa shape index (κ1) is 31.8. The topological polar surface area (TPSA) is 169 Å². The fraction of sp³-hybridized carbons (Fsp3) is 0.348. The van der Waals surface area contributed by atoms with Crippen LogP contribution >= 0.6 is 0 Å². The lowest BCUT2D eigenvalue weighted by molar-refractivity contribution is -0.193. The number of nitrogens with one attached hydrogen (secondary N) is 4. The van der Waals surface area contributed by atoms with Gasteiger partial charge in [0, 0.05) is 24.5 Å². The van der Waals surface area contributed by atoms with Crippen LogP contribution in [0.2, 0.25) is 0 Å². The van der Waals surface area contributed by atoms with Gasteiger partial charge in [-0.15, -0.1) is 0 Å². The van der Waals surface area contributed by atoms with E-state index in [9.17, 15) is 31.1 Å². The highest BCUT2D eigenvalue weighted by atomic mass is 19.4. The number of aromatic nitrogens is 3. The molecule has 0 aliphatic carbocycles. The molecule has 17 heteroatoms. The normalized spacial score (nSPS) is 15.1. The van der Waals surface area contributed by atoms with Crippen molar-refractivity contribution in [2.24, 2.45) is 0 Å². The first-order valence-electron chi connectivity index (χ1n) is 11.4. The highest BCUT2D eigenvalue weighted by molar-refractivity contribution is 5.90. The number of halogens is 6. The number of H-pyrrole nitrogens is 1. The van der Waals surface area contributed by atoms with E-state index in [-0.39, 0.29) is 11.6 Å². The molecular weight excluding hydrogens is 554 g/mol. The zero-order chi connectivity index (χ0) is 30.1. The molecule has 0 saturated carbocycles. The van der Waals surface area contributed by atoms with Crippen LogP contribution in [0.5, 0.6) is 0 Å². The fourth-order valence-electron chi connectivity index (χ4n) is 3.26. The first-order chi connectivity index (χ1) is 18.6. The number of benzene rings is 1. The third-order valence-corrected chi connectivity index (χ3v) is 5.02. The van der Waals surface area contributed by atoms with Crippen LogP contribution in [0.25, 0.3) is 10.9 Å². The summed E-state index contributed by atoms with van der Waals surface area (Å²) in [5.41, 5.74) is 2.43. The Morgan fingerprint density at radius 2 is 1.65 bits per heavy atom. The lowest BCUT2D eigenvalue weighted by atomic mass is 10.1. The van der Waals surface area contributed by atoms with E-state index in [4.69, 9.17) is 19.8 Å². The zero-order valence-electron chi connectivity index (χ0n) is 20.7. The minimum atomic E-state index is -5.08. The quantitative estimate of drug-likeness (QED) is 0.251. The standard InChI is InChI=1S/C19H22N6O.2C2HF3O2/c1-12-4-2-5-13(10-12)22-17-16-15(7-9-21-18(16)26)24-19(25-17)23-14-6-3-8-20-11-14;2*3-2(4,5)1(6)7/h2,4-5,7,9-10,14,20H,3,6,8,11H2,1H3,(H,21,26)(H2,22,23,24,25);2*(H,6,7)/t14-;;/m1../s1. The molecule has 11 nitrogen and oxygen atoms in total. The number of fused-ring (bicyclic) bond motifs is 1. The highest BCUT2D eigenvalue weighted by Gasteiger charge is 2.38. The number of pyridine rings is 1. The summed E-state index contributed by atoms with van der Waals surface area (Å²) in [6.07, 6.45) is -6.36. The second-order valence-corrected chi connectivity index (χ2v) is 8.25. The Hall–Kier alpha value is -4.41. The number of hydrogen-bond donors (Lipinski definition) is 6. The van der Waals surface area contributed by atoms with Gasteiger partial charge in [-0.25, -0.2) is 14.6 Å². The molecule has 2 aromatic heterocycles. The maximum Gasteiger partial charge on any atom is 0.490 e. The van der Waals surface area contributed by atoms with Crippen molar-refractivity contribution in [1.29, 1.82) is 0 Å². The summed E-state index contributed by atoms with van der Waals surface area (Å²) >= 11 is 0. The average Bonchev–Trinajstić information content (AvgIpc) is 2.84. The number of anilines is 3. The fourth-order valence-corrected chi connectivity index (χ4v) is 3.26. The van der Waals surface area contributed by atoms with Gasteiger partial charge in [-0.1, -0.05) is 12.1 Å². The van der Waals surface area contributed by atoms with Gasteiger partial charge in [0.1, 0.15) is 11.2 Å². The Kier molecular flexibility index (Phi) is 10.8. The molecule has 1 aromatic carbocycles. The van der Waals surface area contributed by atoms with Gasteiger partial charge in [-0.05, 0) is 50.1 Å². The average molecular weight is 578 g/mol. The van der Waals surface area contributed by atoms with Crippen LogP contribution in [0.4, 0.5) is 43.8 Å². The Morgan fingerprint density at radius 3 is 2.17 bits per heavy atom. The number of piperidine rings is 1. The van der Waals surface area contributed by atoms with Gasteiger partial charge in [-0.3, -0.25) is 4.79 Å². The summed E-state index contributed by atoms with van der Waals surface area (Å²) in [5.74, 6) is -4.47. The van der Waals surface area contributed by atoms with Crippen molar-refractivity contribution >= 4 is 40.3 Å². The molecule has 218 valence electrons. The van der Waals surface area contributed by atoms with E-state index in [1.807, 2.05) is 31.2 Å². The van der Waals surface area contributed by atoms with Crippen molar-refractivity contribution < 1.29 is 46.1 Å². The smallest absolute Gasteiger partial charge is 0.475 e. The van der Waals surface area contributed by atoms with E-state index < -0.39 is 24.3 Å². The van der Waals surface area contributed by atoms with Gasteiger partial charge in [-0.2, -0.15) is 31.3 Å². The van der Waals surface area contributed by atoms with Gasteiger partial charge in [0.15, 0.2) is 0 Å². The van der Waals surface area contributed by atoms with Crippen molar-refractivity contribution in [3.05, 3.63) is 52.4 Å².